The van der Waals surface area contributed by atoms with E-state index in [2.05, 4.69) is 15.0 Å². The molecule has 0 saturated carbocycles. The van der Waals surface area contributed by atoms with E-state index < -0.39 is 0 Å². The molecule has 0 atom stereocenters. The van der Waals surface area contributed by atoms with Gasteiger partial charge < -0.3 is 9.88 Å². The van der Waals surface area contributed by atoms with Gasteiger partial charge in [0.15, 0.2) is 0 Å². The normalized spacial score (nSPS) is 10.8. The Morgan fingerprint density at radius 2 is 2.23 bits per heavy atom. The van der Waals surface area contributed by atoms with Crippen molar-refractivity contribution in [2.75, 3.05) is 7.05 Å². The van der Waals surface area contributed by atoms with E-state index in [-0.39, 0.29) is 16.9 Å². The molecule has 0 saturated heterocycles. The van der Waals surface area contributed by atoms with Gasteiger partial charge in [-0.3, -0.25) is 9.59 Å². The zero-order valence-electron chi connectivity index (χ0n) is 12.2. The Labute approximate surface area is 130 Å². The number of hydrogen-bond donors (Lipinski definition) is 1. The smallest absolute Gasteiger partial charge is 0.259 e. The highest BCUT2D eigenvalue weighted by molar-refractivity contribution is 7.09. The average Bonchev–Trinajstić information content (AvgIpc) is 2.99. The number of aryl methyl sites for hydroxylation is 1. The number of hydrogen-bond acceptors (Lipinski definition) is 5. The fourth-order valence-corrected chi connectivity index (χ4v) is 2.84. The number of carbonyl (C=O) groups is 1. The third-order valence-electron chi connectivity index (χ3n) is 3.31. The summed E-state index contributed by atoms with van der Waals surface area (Å²) < 4.78 is 0. The van der Waals surface area contributed by atoms with Crippen LogP contribution in [-0.2, 0) is 6.54 Å². The van der Waals surface area contributed by atoms with Crippen molar-refractivity contribution in [3.63, 3.8) is 0 Å². The molecule has 3 aromatic rings. The predicted molar refractivity (Wildman–Crippen MR) is 85.0 cm³/mol. The molecule has 112 valence electrons. The molecule has 3 aromatic heterocycles. The minimum Gasteiger partial charge on any atom is -0.345 e. The molecule has 1 amide bonds. The summed E-state index contributed by atoms with van der Waals surface area (Å²) in [6.07, 6.45) is 3.12. The Balaban J connectivity index is 1.95. The lowest BCUT2D eigenvalue weighted by atomic mass is 10.1. The minimum atomic E-state index is -0.334. The van der Waals surface area contributed by atoms with Crippen LogP contribution in [0.5, 0.6) is 0 Å². The number of aromatic amines is 1. The zero-order valence-corrected chi connectivity index (χ0v) is 13.0. The number of amides is 1. The van der Waals surface area contributed by atoms with Crippen LogP contribution in [0.4, 0.5) is 0 Å². The van der Waals surface area contributed by atoms with Gasteiger partial charge in [-0.2, -0.15) is 0 Å². The SMILES string of the molecule is Cc1ccc2c(=O)c(C(=O)N(C)Cc3nccs3)c[nH]c2n1. The predicted octanol–water partition coefficient (Wildman–Crippen LogP) is 1.96. The molecule has 0 unspecified atom stereocenters. The Bertz CT molecular complexity index is 886. The second-order valence-electron chi connectivity index (χ2n) is 4.97. The first kappa shape index (κ1) is 14.4. The molecule has 3 heterocycles. The Kier molecular flexibility index (Phi) is 3.72. The van der Waals surface area contributed by atoms with Crippen molar-refractivity contribution in [3.05, 3.63) is 56.4 Å². The van der Waals surface area contributed by atoms with E-state index in [4.69, 9.17) is 0 Å². The molecule has 0 aromatic carbocycles. The van der Waals surface area contributed by atoms with E-state index in [9.17, 15) is 9.59 Å². The second-order valence-corrected chi connectivity index (χ2v) is 5.95. The van der Waals surface area contributed by atoms with Crippen LogP contribution in [0.2, 0.25) is 0 Å². The van der Waals surface area contributed by atoms with Crippen LogP contribution in [0.15, 0.2) is 34.7 Å². The molecular formula is C15H14N4O2S. The van der Waals surface area contributed by atoms with E-state index in [1.54, 1.807) is 25.4 Å². The summed E-state index contributed by atoms with van der Waals surface area (Å²) in [7, 11) is 1.65. The van der Waals surface area contributed by atoms with Crippen LogP contribution in [0.1, 0.15) is 21.1 Å². The van der Waals surface area contributed by atoms with Crippen LogP contribution in [0, 0.1) is 6.92 Å². The lowest BCUT2D eigenvalue weighted by Gasteiger charge is -2.15. The van der Waals surface area contributed by atoms with E-state index in [0.717, 1.165) is 10.7 Å². The van der Waals surface area contributed by atoms with Gasteiger partial charge in [0.05, 0.1) is 11.9 Å². The lowest BCUT2D eigenvalue weighted by molar-refractivity contribution is 0.0783. The Morgan fingerprint density at radius 3 is 2.95 bits per heavy atom. The number of pyridine rings is 2. The van der Waals surface area contributed by atoms with Crippen molar-refractivity contribution >= 4 is 28.3 Å². The van der Waals surface area contributed by atoms with Crippen LogP contribution < -0.4 is 5.43 Å². The largest absolute Gasteiger partial charge is 0.345 e. The van der Waals surface area contributed by atoms with Crippen molar-refractivity contribution in [3.8, 4) is 0 Å². The van der Waals surface area contributed by atoms with Gasteiger partial charge in [0.1, 0.15) is 16.2 Å². The van der Waals surface area contributed by atoms with Gasteiger partial charge in [-0.25, -0.2) is 9.97 Å². The molecule has 0 aliphatic rings. The molecule has 1 N–H and O–H groups in total. The van der Waals surface area contributed by atoms with Crippen molar-refractivity contribution in [1.29, 1.82) is 0 Å². The first-order valence-electron chi connectivity index (χ1n) is 6.69. The second kappa shape index (κ2) is 5.69. The van der Waals surface area contributed by atoms with Crippen molar-refractivity contribution in [1.82, 2.24) is 19.9 Å². The summed E-state index contributed by atoms with van der Waals surface area (Å²) in [5, 5.41) is 3.09. The Morgan fingerprint density at radius 1 is 1.41 bits per heavy atom. The molecule has 7 heteroatoms. The van der Waals surface area contributed by atoms with Gasteiger partial charge in [-0.15, -0.1) is 11.3 Å². The summed E-state index contributed by atoms with van der Waals surface area (Å²) in [6, 6.07) is 3.44. The maximum absolute atomic E-state index is 12.5. The van der Waals surface area contributed by atoms with E-state index in [1.807, 2.05) is 12.3 Å². The number of thiazole rings is 1. The summed E-state index contributed by atoms with van der Waals surface area (Å²) >= 11 is 1.47. The minimum absolute atomic E-state index is 0.109. The van der Waals surface area contributed by atoms with Crippen LogP contribution >= 0.6 is 11.3 Å². The zero-order chi connectivity index (χ0) is 15.7. The van der Waals surface area contributed by atoms with Gasteiger partial charge in [0.25, 0.3) is 5.91 Å². The first-order chi connectivity index (χ1) is 10.6. The summed E-state index contributed by atoms with van der Waals surface area (Å²) in [5.74, 6) is -0.334. The molecule has 6 nitrogen and oxygen atoms in total. The number of nitrogens with one attached hydrogen (secondary N) is 1. The highest BCUT2D eigenvalue weighted by atomic mass is 32.1. The number of H-pyrrole nitrogens is 1. The standard InChI is InChI=1S/C15H14N4O2S/c1-9-3-4-10-13(20)11(7-17-14(10)18-9)15(21)19(2)8-12-16-5-6-22-12/h3-7H,8H2,1-2H3,(H,17,18,20). The quantitative estimate of drug-likeness (QED) is 0.801. The maximum Gasteiger partial charge on any atom is 0.259 e. The highest BCUT2D eigenvalue weighted by Gasteiger charge is 2.18. The number of aromatic nitrogens is 3. The van der Waals surface area contributed by atoms with E-state index in [0.29, 0.717) is 17.6 Å². The van der Waals surface area contributed by atoms with Gasteiger partial charge in [0, 0.05) is 30.5 Å². The van der Waals surface area contributed by atoms with E-state index >= 15 is 0 Å². The number of nitrogens with zero attached hydrogens (tertiary/aromatic N) is 3. The molecule has 0 fully saturated rings. The first-order valence-corrected chi connectivity index (χ1v) is 7.57. The van der Waals surface area contributed by atoms with E-state index in [1.165, 1.54) is 22.4 Å². The third-order valence-corrected chi connectivity index (χ3v) is 4.07. The van der Waals surface area contributed by atoms with Gasteiger partial charge >= 0.3 is 0 Å². The Hall–Kier alpha value is -2.54. The van der Waals surface area contributed by atoms with Gasteiger partial charge in [0.2, 0.25) is 5.43 Å². The van der Waals surface area contributed by atoms with Gasteiger partial charge in [-0.1, -0.05) is 0 Å². The molecule has 22 heavy (non-hydrogen) atoms. The third kappa shape index (κ3) is 2.62. The fraction of sp³-hybridized carbons (Fsp3) is 0.200. The monoisotopic (exact) mass is 314 g/mol. The molecule has 0 aliphatic heterocycles. The molecule has 3 rings (SSSR count). The van der Waals surface area contributed by atoms with Crippen molar-refractivity contribution in [2.45, 2.75) is 13.5 Å². The van der Waals surface area contributed by atoms with Crippen molar-refractivity contribution < 1.29 is 4.79 Å². The van der Waals surface area contributed by atoms with Crippen LogP contribution in [0.25, 0.3) is 11.0 Å². The summed E-state index contributed by atoms with van der Waals surface area (Å²) in [4.78, 5) is 37.7. The molecule has 0 aliphatic carbocycles. The topological polar surface area (TPSA) is 79.0 Å². The summed E-state index contributed by atoms with van der Waals surface area (Å²) in [5.41, 5.74) is 1.10. The van der Waals surface area contributed by atoms with Gasteiger partial charge in [-0.05, 0) is 19.1 Å². The number of fused-ring (bicyclic) bond motifs is 1. The highest BCUT2D eigenvalue weighted by Crippen LogP contribution is 2.11. The molecule has 0 bridgehead atoms. The number of carbonyl (C=O) groups excluding carboxylic acids is 1. The van der Waals surface area contributed by atoms with Crippen molar-refractivity contribution in [2.24, 2.45) is 0 Å². The lowest BCUT2D eigenvalue weighted by Crippen LogP contribution is -2.30. The van der Waals surface area contributed by atoms with Crippen LogP contribution in [-0.4, -0.2) is 32.8 Å². The van der Waals surface area contributed by atoms with Crippen LogP contribution in [0.3, 0.4) is 0 Å². The number of rotatable bonds is 3. The maximum atomic E-state index is 12.5. The average molecular weight is 314 g/mol. The molecule has 0 spiro atoms. The molecular weight excluding hydrogens is 300 g/mol. The molecule has 0 radical (unpaired) electrons. The fourth-order valence-electron chi connectivity index (χ4n) is 2.17. The summed E-state index contributed by atoms with van der Waals surface area (Å²) in [6.45, 7) is 2.22.